The Labute approximate surface area is 237 Å². The van der Waals surface area contributed by atoms with E-state index < -0.39 is 5.41 Å². The molecule has 40 heavy (non-hydrogen) atoms. The average molecular weight is 548 g/mol. The Hall–Kier alpha value is -2.28. The zero-order chi connectivity index (χ0) is 28.5. The number of carbonyl (C=O) groups is 1. The molecule has 0 bridgehead atoms. The highest BCUT2D eigenvalue weighted by atomic mass is 16.5. The zero-order valence-electron chi connectivity index (χ0n) is 25.3. The topological polar surface area (TPSA) is 102 Å². The van der Waals surface area contributed by atoms with Crippen LogP contribution in [0.25, 0.3) is 0 Å². The third-order valence-corrected chi connectivity index (χ3v) is 13.4. The molecular weight excluding hydrogens is 502 g/mol. The van der Waals surface area contributed by atoms with Crippen molar-refractivity contribution in [3.05, 3.63) is 41.0 Å². The second-order valence-corrected chi connectivity index (χ2v) is 15.9. The number of ketones is 1. The molecule has 3 saturated carbocycles. The number of fused-ring (bicyclic) bond motifs is 8. The summed E-state index contributed by atoms with van der Waals surface area (Å²) in [4.78, 5) is 14.7. The molecule has 2 aromatic rings. The van der Waals surface area contributed by atoms with Gasteiger partial charge in [-0.15, -0.1) is 10.2 Å². The quantitative estimate of drug-likeness (QED) is 0.472. The molecule has 7 rings (SSSR count). The number of aryl methyl sites for hydroxylation is 1. The van der Waals surface area contributed by atoms with Crippen molar-refractivity contribution in [2.45, 2.75) is 111 Å². The van der Waals surface area contributed by atoms with Crippen LogP contribution in [0.2, 0.25) is 0 Å². The number of allylic oxidation sites excluding steroid dienone is 2. The maximum atomic E-state index is 14.7. The van der Waals surface area contributed by atoms with Gasteiger partial charge in [0.2, 0.25) is 11.8 Å². The van der Waals surface area contributed by atoms with Gasteiger partial charge in [-0.25, -0.2) is 0 Å². The molecule has 0 aromatic carbocycles. The van der Waals surface area contributed by atoms with Crippen molar-refractivity contribution < 1.29 is 18.8 Å². The van der Waals surface area contributed by atoms with Crippen molar-refractivity contribution in [2.75, 3.05) is 6.61 Å². The molecule has 1 unspecified atom stereocenters. The van der Waals surface area contributed by atoms with E-state index in [1.165, 1.54) is 5.57 Å². The minimum atomic E-state index is -0.521. The first-order chi connectivity index (χ1) is 18.7. The Morgan fingerprint density at radius 2 is 1.77 bits per heavy atom. The summed E-state index contributed by atoms with van der Waals surface area (Å²) < 4.78 is 12.0. The summed E-state index contributed by atoms with van der Waals surface area (Å²) in [5, 5.41) is 23.7. The Morgan fingerprint density at radius 3 is 2.48 bits per heavy atom. The molecule has 8 atom stereocenters. The van der Waals surface area contributed by atoms with Crippen molar-refractivity contribution in [1.29, 1.82) is 0 Å². The van der Waals surface area contributed by atoms with Gasteiger partial charge in [-0.05, 0) is 97.9 Å². The molecule has 5 aliphatic carbocycles. The number of hydrogen-bond donors (Lipinski definition) is 1. The van der Waals surface area contributed by atoms with Gasteiger partial charge in [0.05, 0.1) is 23.6 Å². The summed E-state index contributed by atoms with van der Waals surface area (Å²) in [6.07, 6.45) is 11.7. The van der Waals surface area contributed by atoms with Gasteiger partial charge in [0.25, 0.3) is 0 Å². The van der Waals surface area contributed by atoms with E-state index in [0.29, 0.717) is 5.89 Å². The highest BCUT2D eigenvalue weighted by molar-refractivity contribution is 5.95. The SMILES string of the molecule is Cc1nnc([C@]23CCC(C)(C)C[C@H]2[C@H]2C(=O)C=C4[C@@]5(C)Cc6cnoc6[C@@](C)(CO)C5CC[C@@]4(C)[C@]2(C)CC3)o1. The number of aliphatic hydroxyl groups excluding tert-OH is 1. The lowest BCUT2D eigenvalue weighted by Gasteiger charge is -2.69. The van der Waals surface area contributed by atoms with Crippen LogP contribution in [0.15, 0.2) is 26.8 Å². The van der Waals surface area contributed by atoms with Crippen LogP contribution in [0, 0.1) is 46.3 Å². The van der Waals surface area contributed by atoms with E-state index in [1.54, 1.807) is 0 Å². The predicted octanol–water partition coefficient (Wildman–Crippen LogP) is 6.28. The molecule has 0 amide bonds. The Kier molecular flexibility index (Phi) is 5.29. The van der Waals surface area contributed by atoms with Gasteiger partial charge in [0, 0.05) is 18.4 Å². The van der Waals surface area contributed by atoms with Crippen molar-refractivity contribution >= 4 is 5.78 Å². The lowest BCUT2D eigenvalue weighted by atomic mass is 9.34. The molecule has 1 N–H and O–H groups in total. The van der Waals surface area contributed by atoms with E-state index in [4.69, 9.17) is 8.94 Å². The molecule has 7 nitrogen and oxygen atoms in total. The summed E-state index contributed by atoms with van der Waals surface area (Å²) in [5.74, 6) is 2.73. The van der Waals surface area contributed by atoms with Crippen LogP contribution in [0.3, 0.4) is 0 Å². The van der Waals surface area contributed by atoms with Crippen LogP contribution in [0.4, 0.5) is 0 Å². The molecule has 0 aliphatic heterocycles. The minimum absolute atomic E-state index is 0.0105. The van der Waals surface area contributed by atoms with Crippen molar-refractivity contribution in [1.82, 2.24) is 15.4 Å². The standard InChI is InChI=1S/C33H45N3O4/c1-19-35-36-27(39-19)33-12-10-28(2,3)16-21(33)25-22(38)14-24-29(4)15-20-17-34-40-26(20)30(5,18-37)23(29)8-9-31(24,6)32(25,7)11-13-33/h14,17,21,23,25,37H,8-13,15-16,18H2,1-7H3/t21-,23?,25-,29-,30-,31+,32+,33-/m0/s1. The third kappa shape index (κ3) is 3.06. The highest BCUT2D eigenvalue weighted by Crippen LogP contribution is 2.74. The molecule has 0 spiro atoms. The largest absolute Gasteiger partial charge is 0.425 e. The van der Waals surface area contributed by atoms with Crippen molar-refractivity contribution in [2.24, 2.45) is 39.4 Å². The predicted molar refractivity (Wildman–Crippen MR) is 149 cm³/mol. The lowest BCUT2D eigenvalue weighted by Crippen LogP contribution is -2.66. The van der Waals surface area contributed by atoms with Crippen LogP contribution in [0.5, 0.6) is 0 Å². The van der Waals surface area contributed by atoms with Crippen LogP contribution in [-0.4, -0.2) is 32.9 Å². The zero-order valence-corrected chi connectivity index (χ0v) is 25.3. The highest BCUT2D eigenvalue weighted by Gasteiger charge is 2.71. The number of carbonyl (C=O) groups excluding carboxylic acids is 1. The maximum absolute atomic E-state index is 14.7. The molecular formula is C33H45N3O4. The normalized spacial score (nSPS) is 45.5. The molecule has 0 saturated heterocycles. The number of hydrogen-bond acceptors (Lipinski definition) is 7. The van der Waals surface area contributed by atoms with E-state index >= 15 is 0 Å². The van der Waals surface area contributed by atoms with Gasteiger partial charge >= 0.3 is 0 Å². The summed E-state index contributed by atoms with van der Waals surface area (Å²) >= 11 is 0. The average Bonchev–Trinajstić information content (AvgIpc) is 3.54. The summed E-state index contributed by atoms with van der Waals surface area (Å²) in [6.45, 7) is 16.0. The number of aromatic nitrogens is 3. The van der Waals surface area contributed by atoms with Crippen molar-refractivity contribution in [3.63, 3.8) is 0 Å². The summed E-state index contributed by atoms with van der Waals surface area (Å²) in [7, 11) is 0. The fourth-order valence-corrected chi connectivity index (χ4v) is 11.2. The molecule has 5 aliphatic rings. The van der Waals surface area contributed by atoms with Crippen LogP contribution in [-0.2, 0) is 22.0 Å². The van der Waals surface area contributed by atoms with E-state index in [-0.39, 0.29) is 57.2 Å². The van der Waals surface area contributed by atoms with Gasteiger partial charge in [0.15, 0.2) is 5.78 Å². The molecule has 7 heteroatoms. The van der Waals surface area contributed by atoms with E-state index in [9.17, 15) is 9.90 Å². The Bertz CT molecular complexity index is 1420. The monoisotopic (exact) mass is 547 g/mol. The first-order valence-corrected chi connectivity index (χ1v) is 15.4. The van der Waals surface area contributed by atoms with Gasteiger partial charge < -0.3 is 14.0 Å². The second kappa shape index (κ2) is 7.96. The number of rotatable bonds is 2. The van der Waals surface area contributed by atoms with Gasteiger partial charge in [0.1, 0.15) is 5.76 Å². The third-order valence-electron chi connectivity index (χ3n) is 13.4. The van der Waals surface area contributed by atoms with Crippen LogP contribution >= 0.6 is 0 Å². The Morgan fingerprint density at radius 1 is 1.02 bits per heavy atom. The summed E-state index contributed by atoms with van der Waals surface area (Å²) in [5.41, 5.74) is 1.21. The Balaban J connectivity index is 1.39. The van der Waals surface area contributed by atoms with Crippen molar-refractivity contribution in [3.8, 4) is 0 Å². The second-order valence-electron chi connectivity index (χ2n) is 15.9. The van der Waals surface area contributed by atoms with Crippen LogP contribution in [0.1, 0.15) is 110 Å². The fraction of sp³-hybridized carbons (Fsp3) is 0.758. The van der Waals surface area contributed by atoms with Gasteiger partial charge in [-0.3, -0.25) is 4.79 Å². The molecule has 216 valence electrons. The van der Waals surface area contributed by atoms with E-state index in [0.717, 1.165) is 68.6 Å². The molecule has 2 aromatic heterocycles. The molecule has 0 radical (unpaired) electrons. The summed E-state index contributed by atoms with van der Waals surface area (Å²) in [6, 6.07) is 0. The van der Waals surface area contributed by atoms with Crippen LogP contribution < -0.4 is 0 Å². The molecule has 3 fully saturated rings. The lowest BCUT2D eigenvalue weighted by molar-refractivity contribution is -0.162. The molecule has 2 heterocycles. The fourth-order valence-electron chi connectivity index (χ4n) is 11.2. The van der Waals surface area contributed by atoms with E-state index in [2.05, 4.69) is 63.0 Å². The number of nitrogens with zero attached hydrogens (tertiary/aromatic N) is 3. The first-order valence-electron chi connectivity index (χ1n) is 15.4. The van der Waals surface area contributed by atoms with E-state index in [1.807, 2.05) is 13.1 Å². The number of aliphatic hydroxyl groups is 1. The minimum Gasteiger partial charge on any atom is -0.425 e. The smallest absolute Gasteiger partial charge is 0.222 e. The maximum Gasteiger partial charge on any atom is 0.222 e. The van der Waals surface area contributed by atoms with Gasteiger partial charge in [-0.1, -0.05) is 45.3 Å². The first kappa shape index (κ1) is 26.6. The van der Waals surface area contributed by atoms with Gasteiger partial charge in [-0.2, -0.15) is 0 Å².